The van der Waals surface area contributed by atoms with E-state index in [2.05, 4.69) is 10.3 Å². The van der Waals surface area contributed by atoms with E-state index < -0.39 is 11.7 Å². The van der Waals surface area contributed by atoms with Gasteiger partial charge >= 0.3 is 6.09 Å². The van der Waals surface area contributed by atoms with Crippen LogP contribution < -0.4 is 5.32 Å². The molecule has 24 heavy (non-hydrogen) atoms. The average Bonchev–Trinajstić information content (AvgIpc) is 2.96. The maximum atomic E-state index is 12.3. The normalized spacial score (nSPS) is 12.8. The number of carbonyl (C=O) groups is 1. The van der Waals surface area contributed by atoms with Crippen molar-refractivity contribution in [2.24, 2.45) is 0 Å². The van der Waals surface area contributed by atoms with Gasteiger partial charge in [0.2, 0.25) is 0 Å². The van der Waals surface area contributed by atoms with Gasteiger partial charge in [0.15, 0.2) is 0 Å². The Kier molecular flexibility index (Phi) is 4.30. The molecule has 0 saturated heterocycles. The number of ether oxygens (including phenoxy) is 1. The molecule has 3 rings (SSSR count). The smallest absolute Gasteiger partial charge is 0.408 e. The Hall–Kier alpha value is -2.75. The number of H-pyrrole nitrogens is 1. The third kappa shape index (κ3) is 3.59. The van der Waals surface area contributed by atoms with Crippen molar-refractivity contribution in [3.8, 4) is 0 Å². The van der Waals surface area contributed by atoms with E-state index in [1.54, 1.807) is 0 Å². The van der Waals surface area contributed by atoms with E-state index in [1.807, 2.05) is 81.6 Å². The lowest BCUT2D eigenvalue weighted by atomic mass is 9.98. The Morgan fingerprint density at radius 2 is 1.71 bits per heavy atom. The van der Waals surface area contributed by atoms with Crippen LogP contribution in [0.25, 0.3) is 10.9 Å². The Morgan fingerprint density at radius 3 is 2.42 bits per heavy atom. The summed E-state index contributed by atoms with van der Waals surface area (Å²) in [5, 5.41) is 4.09. The van der Waals surface area contributed by atoms with Gasteiger partial charge < -0.3 is 15.0 Å². The first kappa shape index (κ1) is 16.1. The summed E-state index contributed by atoms with van der Waals surface area (Å²) >= 11 is 0. The predicted octanol–water partition coefficient (Wildman–Crippen LogP) is 4.78. The lowest BCUT2D eigenvalue weighted by molar-refractivity contribution is 0.0512. The first-order chi connectivity index (χ1) is 11.4. The summed E-state index contributed by atoms with van der Waals surface area (Å²) in [4.78, 5) is 15.6. The zero-order valence-corrected chi connectivity index (χ0v) is 14.2. The molecule has 2 N–H and O–H groups in total. The fraction of sp³-hybridized carbons (Fsp3) is 0.250. The van der Waals surface area contributed by atoms with E-state index in [-0.39, 0.29) is 6.04 Å². The number of nitrogens with one attached hydrogen (secondary N) is 2. The van der Waals surface area contributed by atoms with Gasteiger partial charge in [-0.2, -0.15) is 0 Å². The highest BCUT2D eigenvalue weighted by atomic mass is 16.6. The number of carbonyl (C=O) groups excluding carboxylic acids is 1. The Labute approximate surface area is 141 Å². The van der Waals surface area contributed by atoms with Crippen molar-refractivity contribution in [2.75, 3.05) is 0 Å². The molecule has 0 radical (unpaired) electrons. The van der Waals surface area contributed by atoms with Crippen molar-refractivity contribution < 1.29 is 9.53 Å². The number of fused-ring (bicyclic) bond motifs is 1. The van der Waals surface area contributed by atoms with Crippen LogP contribution in [0.4, 0.5) is 4.79 Å². The number of hydrogen-bond acceptors (Lipinski definition) is 2. The first-order valence-electron chi connectivity index (χ1n) is 8.04. The van der Waals surface area contributed by atoms with E-state index in [0.29, 0.717) is 0 Å². The van der Waals surface area contributed by atoms with E-state index in [1.165, 1.54) is 0 Å². The fourth-order valence-corrected chi connectivity index (χ4v) is 2.74. The molecule has 124 valence electrons. The molecule has 0 saturated carbocycles. The molecule has 0 aliphatic heterocycles. The molecule has 0 bridgehead atoms. The molecule has 3 aromatic rings. The van der Waals surface area contributed by atoms with Crippen LogP contribution >= 0.6 is 0 Å². The highest BCUT2D eigenvalue weighted by molar-refractivity contribution is 5.84. The minimum atomic E-state index is -0.536. The van der Waals surface area contributed by atoms with Crippen molar-refractivity contribution in [1.29, 1.82) is 0 Å². The number of amides is 1. The lowest BCUT2D eigenvalue weighted by Crippen LogP contribution is -2.35. The van der Waals surface area contributed by atoms with Crippen LogP contribution in [-0.2, 0) is 4.74 Å². The Bertz CT molecular complexity index is 831. The Balaban J connectivity index is 1.98. The number of alkyl carbamates (subject to hydrolysis) is 1. The predicted molar refractivity (Wildman–Crippen MR) is 96.0 cm³/mol. The molecular formula is C20H22N2O2. The molecule has 1 amide bonds. The molecule has 4 heteroatoms. The van der Waals surface area contributed by atoms with E-state index in [9.17, 15) is 4.79 Å². The van der Waals surface area contributed by atoms with Gasteiger partial charge in [0.25, 0.3) is 0 Å². The number of benzene rings is 2. The minimum Gasteiger partial charge on any atom is -0.444 e. The van der Waals surface area contributed by atoms with Gasteiger partial charge in [-0.3, -0.25) is 0 Å². The summed E-state index contributed by atoms with van der Waals surface area (Å²) in [7, 11) is 0. The topological polar surface area (TPSA) is 54.1 Å². The van der Waals surface area contributed by atoms with E-state index in [4.69, 9.17) is 4.74 Å². The first-order valence-corrected chi connectivity index (χ1v) is 8.04. The van der Waals surface area contributed by atoms with Gasteiger partial charge in [0, 0.05) is 22.7 Å². The van der Waals surface area contributed by atoms with Crippen molar-refractivity contribution in [3.63, 3.8) is 0 Å². The maximum absolute atomic E-state index is 12.3. The van der Waals surface area contributed by atoms with Crippen molar-refractivity contribution in [3.05, 3.63) is 71.9 Å². The van der Waals surface area contributed by atoms with Gasteiger partial charge in [0.05, 0.1) is 6.04 Å². The van der Waals surface area contributed by atoms with Crippen molar-refractivity contribution in [1.82, 2.24) is 10.3 Å². The van der Waals surface area contributed by atoms with E-state index >= 15 is 0 Å². The molecule has 0 aliphatic carbocycles. The summed E-state index contributed by atoms with van der Waals surface area (Å²) in [6.07, 6.45) is 1.52. The van der Waals surface area contributed by atoms with Crippen molar-refractivity contribution in [2.45, 2.75) is 32.4 Å². The second-order valence-electron chi connectivity index (χ2n) is 6.78. The van der Waals surface area contributed by atoms with Crippen LogP contribution in [0.3, 0.4) is 0 Å². The Morgan fingerprint density at radius 1 is 1.04 bits per heavy atom. The molecule has 1 aromatic heterocycles. The quantitative estimate of drug-likeness (QED) is 0.729. The SMILES string of the molecule is CC(C)(C)OC(=O)NC(c1ccccc1)c1c[nH]c2ccccc12. The number of aromatic amines is 1. The zero-order chi connectivity index (χ0) is 17.2. The standard InChI is InChI=1S/C20H22N2O2/c1-20(2,3)24-19(23)22-18(14-9-5-4-6-10-14)16-13-21-17-12-8-7-11-15(16)17/h4-13,18,21H,1-3H3,(H,22,23). The number of aromatic nitrogens is 1. The second-order valence-corrected chi connectivity index (χ2v) is 6.78. The largest absolute Gasteiger partial charge is 0.444 e. The van der Waals surface area contributed by atoms with Gasteiger partial charge in [-0.15, -0.1) is 0 Å². The monoisotopic (exact) mass is 322 g/mol. The van der Waals surface area contributed by atoms with Crippen LogP contribution in [0, 0.1) is 0 Å². The molecule has 0 aliphatic rings. The average molecular weight is 322 g/mol. The summed E-state index contributed by atoms with van der Waals surface area (Å²) in [6, 6.07) is 17.7. The maximum Gasteiger partial charge on any atom is 0.408 e. The molecule has 0 spiro atoms. The van der Waals surface area contributed by atoms with Crippen molar-refractivity contribution >= 4 is 17.0 Å². The highest BCUT2D eigenvalue weighted by Gasteiger charge is 2.23. The molecule has 1 atom stereocenters. The highest BCUT2D eigenvalue weighted by Crippen LogP contribution is 2.29. The molecular weight excluding hydrogens is 300 g/mol. The second kappa shape index (κ2) is 6.40. The number of para-hydroxylation sites is 1. The molecule has 1 heterocycles. The van der Waals surface area contributed by atoms with Crippen LogP contribution in [-0.4, -0.2) is 16.7 Å². The fourth-order valence-electron chi connectivity index (χ4n) is 2.74. The van der Waals surface area contributed by atoms with Crippen LogP contribution in [0.2, 0.25) is 0 Å². The molecule has 2 aromatic carbocycles. The van der Waals surface area contributed by atoms with Crippen LogP contribution in [0.5, 0.6) is 0 Å². The van der Waals surface area contributed by atoms with Gasteiger partial charge in [0.1, 0.15) is 5.60 Å². The van der Waals surface area contributed by atoms with Gasteiger partial charge in [-0.05, 0) is 32.4 Å². The number of hydrogen-bond donors (Lipinski definition) is 2. The molecule has 1 unspecified atom stereocenters. The van der Waals surface area contributed by atoms with Gasteiger partial charge in [-0.1, -0.05) is 48.5 Å². The van der Waals surface area contributed by atoms with Crippen LogP contribution in [0.15, 0.2) is 60.8 Å². The minimum absolute atomic E-state index is 0.280. The summed E-state index contributed by atoms with van der Waals surface area (Å²) in [5.41, 5.74) is 2.53. The van der Waals surface area contributed by atoms with Crippen LogP contribution in [0.1, 0.15) is 37.9 Å². The molecule has 4 nitrogen and oxygen atoms in total. The number of rotatable bonds is 3. The third-order valence-electron chi connectivity index (χ3n) is 3.73. The summed E-state index contributed by atoms with van der Waals surface area (Å²) in [6.45, 7) is 5.57. The van der Waals surface area contributed by atoms with Gasteiger partial charge in [-0.25, -0.2) is 4.79 Å². The zero-order valence-electron chi connectivity index (χ0n) is 14.2. The lowest BCUT2D eigenvalue weighted by Gasteiger charge is -2.24. The summed E-state index contributed by atoms with van der Waals surface area (Å²) < 4.78 is 5.44. The van der Waals surface area contributed by atoms with E-state index in [0.717, 1.165) is 22.0 Å². The summed E-state index contributed by atoms with van der Waals surface area (Å²) in [5.74, 6) is 0. The third-order valence-corrected chi connectivity index (χ3v) is 3.73. The molecule has 0 fully saturated rings.